The molecule has 0 aliphatic rings. The number of amides is 1. The summed E-state index contributed by atoms with van der Waals surface area (Å²) in [6.07, 6.45) is 4.14. The van der Waals surface area contributed by atoms with Crippen molar-refractivity contribution in [2.24, 2.45) is 10.9 Å². The molecular weight excluding hydrogens is 198 g/mol. The highest BCUT2D eigenvalue weighted by Crippen LogP contribution is 1.98. The SMILES string of the molecule is CN(CC(N)=NO)C(=O)c1cncnc1. The fourth-order valence-electron chi connectivity index (χ4n) is 0.976. The topological polar surface area (TPSA) is 105 Å². The molecular formula is C8H11N5O2. The molecule has 0 bridgehead atoms. The van der Waals surface area contributed by atoms with E-state index in [4.69, 9.17) is 10.9 Å². The summed E-state index contributed by atoms with van der Waals surface area (Å²) < 4.78 is 0. The molecule has 1 amide bonds. The van der Waals surface area contributed by atoms with E-state index >= 15 is 0 Å². The summed E-state index contributed by atoms with van der Waals surface area (Å²) in [7, 11) is 1.54. The molecule has 0 fully saturated rings. The number of carbonyl (C=O) groups is 1. The van der Waals surface area contributed by atoms with Gasteiger partial charge in [-0.15, -0.1) is 0 Å². The number of nitrogens with zero attached hydrogens (tertiary/aromatic N) is 4. The van der Waals surface area contributed by atoms with E-state index in [-0.39, 0.29) is 18.3 Å². The normalized spacial score (nSPS) is 11.1. The van der Waals surface area contributed by atoms with E-state index in [2.05, 4.69) is 15.1 Å². The first-order valence-corrected chi connectivity index (χ1v) is 4.12. The van der Waals surface area contributed by atoms with E-state index in [9.17, 15) is 4.79 Å². The standard InChI is InChI=1S/C8H11N5O2/c1-13(4-7(9)12-15)8(14)6-2-10-5-11-3-6/h2-3,5,15H,4H2,1H3,(H2,9,12). The maximum absolute atomic E-state index is 11.6. The van der Waals surface area contributed by atoms with Gasteiger partial charge in [0.05, 0.1) is 12.1 Å². The Kier molecular flexibility index (Phi) is 3.55. The first kappa shape index (κ1) is 10.9. The quantitative estimate of drug-likeness (QED) is 0.296. The van der Waals surface area contributed by atoms with E-state index in [1.807, 2.05) is 0 Å². The molecule has 1 heterocycles. The molecule has 7 heteroatoms. The van der Waals surface area contributed by atoms with Crippen LogP contribution in [-0.4, -0.2) is 45.4 Å². The van der Waals surface area contributed by atoms with Gasteiger partial charge < -0.3 is 15.8 Å². The van der Waals surface area contributed by atoms with Crippen molar-refractivity contribution in [2.45, 2.75) is 0 Å². The highest BCUT2D eigenvalue weighted by Gasteiger charge is 2.12. The molecule has 0 spiro atoms. The Labute approximate surface area is 86.2 Å². The fraction of sp³-hybridized carbons (Fsp3) is 0.250. The second-order valence-corrected chi connectivity index (χ2v) is 2.88. The zero-order valence-electron chi connectivity index (χ0n) is 8.16. The van der Waals surface area contributed by atoms with Gasteiger partial charge in [-0.05, 0) is 0 Å². The third-order valence-electron chi connectivity index (χ3n) is 1.68. The summed E-state index contributed by atoms with van der Waals surface area (Å²) in [6, 6.07) is 0. The van der Waals surface area contributed by atoms with Gasteiger partial charge in [0.1, 0.15) is 6.33 Å². The Morgan fingerprint density at radius 3 is 2.73 bits per heavy atom. The minimum absolute atomic E-state index is 0.0392. The predicted molar refractivity (Wildman–Crippen MR) is 52.4 cm³/mol. The van der Waals surface area contributed by atoms with Gasteiger partial charge in [-0.25, -0.2) is 9.97 Å². The molecule has 80 valence electrons. The summed E-state index contributed by atoms with van der Waals surface area (Å²) in [4.78, 5) is 20.4. The van der Waals surface area contributed by atoms with Crippen LogP contribution in [0, 0.1) is 0 Å². The van der Waals surface area contributed by atoms with E-state index < -0.39 is 0 Å². The molecule has 0 radical (unpaired) electrons. The van der Waals surface area contributed by atoms with Gasteiger partial charge in [-0.3, -0.25) is 4.79 Å². The lowest BCUT2D eigenvalue weighted by molar-refractivity contribution is 0.0813. The van der Waals surface area contributed by atoms with Crippen molar-refractivity contribution in [1.29, 1.82) is 0 Å². The number of nitrogens with two attached hydrogens (primary N) is 1. The Balaban J connectivity index is 2.70. The smallest absolute Gasteiger partial charge is 0.257 e. The lowest BCUT2D eigenvalue weighted by atomic mass is 10.3. The summed E-state index contributed by atoms with van der Waals surface area (Å²) in [5.74, 6) is -0.329. The molecule has 0 atom stereocenters. The lowest BCUT2D eigenvalue weighted by Crippen LogP contribution is -2.35. The lowest BCUT2D eigenvalue weighted by Gasteiger charge is -2.15. The van der Waals surface area contributed by atoms with Crippen LogP contribution >= 0.6 is 0 Å². The van der Waals surface area contributed by atoms with Crippen LogP contribution in [0.2, 0.25) is 0 Å². The molecule has 0 saturated heterocycles. The maximum atomic E-state index is 11.6. The first-order valence-electron chi connectivity index (χ1n) is 4.12. The molecule has 0 saturated carbocycles. The largest absolute Gasteiger partial charge is 0.409 e. The third-order valence-corrected chi connectivity index (χ3v) is 1.68. The average molecular weight is 209 g/mol. The molecule has 3 N–H and O–H groups in total. The molecule has 15 heavy (non-hydrogen) atoms. The van der Waals surface area contributed by atoms with Crippen molar-refractivity contribution in [1.82, 2.24) is 14.9 Å². The van der Waals surface area contributed by atoms with Crippen LogP contribution in [0.1, 0.15) is 10.4 Å². The third kappa shape index (κ3) is 2.90. The Bertz CT molecular complexity index is 365. The zero-order valence-corrected chi connectivity index (χ0v) is 8.16. The van der Waals surface area contributed by atoms with E-state index in [1.54, 1.807) is 0 Å². The van der Waals surface area contributed by atoms with Crippen LogP contribution in [0.15, 0.2) is 23.9 Å². The highest BCUT2D eigenvalue weighted by molar-refractivity contribution is 5.96. The number of hydrogen-bond donors (Lipinski definition) is 2. The molecule has 0 aliphatic heterocycles. The highest BCUT2D eigenvalue weighted by atomic mass is 16.4. The number of amidine groups is 1. The van der Waals surface area contributed by atoms with Crippen LogP contribution in [0.25, 0.3) is 0 Å². The van der Waals surface area contributed by atoms with Crippen LogP contribution in [-0.2, 0) is 0 Å². The molecule has 0 aliphatic carbocycles. The van der Waals surface area contributed by atoms with Gasteiger partial charge >= 0.3 is 0 Å². The van der Waals surface area contributed by atoms with Crippen molar-refractivity contribution < 1.29 is 10.0 Å². The van der Waals surface area contributed by atoms with E-state index in [0.29, 0.717) is 5.56 Å². The Morgan fingerprint density at radius 1 is 1.60 bits per heavy atom. The molecule has 1 aromatic heterocycles. The summed E-state index contributed by atoms with van der Waals surface area (Å²) in [5.41, 5.74) is 5.62. The number of aromatic nitrogens is 2. The van der Waals surface area contributed by atoms with Crippen LogP contribution in [0.3, 0.4) is 0 Å². The van der Waals surface area contributed by atoms with Crippen molar-refractivity contribution >= 4 is 11.7 Å². The van der Waals surface area contributed by atoms with Gasteiger partial charge in [0.15, 0.2) is 5.84 Å². The number of likely N-dealkylation sites (N-methyl/N-ethyl adjacent to an activating group) is 1. The minimum Gasteiger partial charge on any atom is -0.409 e. The van der Waals surface area contributed by atoms with Crippen LogP contribution in [0.4, 0.5) is 0 Å². The van der Waals surface area contributed by atoms with E-state index in [0.717, 1.165) is 0 Å². The average Bonchev–Trinajstić information content (AvgIpc) is 2.29. The van der Waals surface area contributed by atoms with Gasteiger partial charge in [0, 0.05) is 19.4 Å². The Hall–Kier alpha value is -2.18. The summed E-state index contributed by atoms with van der Waals surface area (Å²) in [5, 5.41) is 11.1. The van der Waals surface area contributed by atoms with Crippen LogP contribution < -0.4 is 5.73 Å². The van der Waals surface area contributed by atoms with Crippen molar-refractivity contribution in [3.63, 3.8) is 0 Å². The minimum atomic E-state index is -0.290. The molecule has 7 nitrogen and oxygen atoms in total. The zero-order chi connectivity index (χ0) is 11.3. The van der Waals surface area contributed by atoms with Crippen molar-refractivity contribution in [3.8, 4) is 0 Å². The van der Waals surface area contributed by atoms with Crippen molar-refractivity contribution in [3.05, 3.63) is 24.3 Å². The monoisotopic (exact) mass is 209 g/mol. The molecule has 0 unspecified atom stereocenters. The second-order valence-electron chi connectivity index (χ2n) is 2.88. The number of carbonyl (C=O) groups excluding carboxylic acids is 1. The molecule has 1 aromatic rings. The van der Waals surface area contributed by atoms with Gasteiger partial charge in [0.2, 0.25) is 0 Å². The van der Waals surface area contributed by atoms with Gasteiger partial charge in [0.25, 0.3) is 5.91 Å². The maximum Gasteiger partial charge on any atom is 0.257 e. The van der Waals surface area contributed by atoms with Gasteiger partial charge in [-0.1, -0.05) is 5.16 Å². The fourth-order valence-corrected chi connectivity index (χ4v) is 0.976. The van der Waals surface area contributed by atoms with Crippen molar-refractivity contribution in [2.75, 3.05) is 13.6 Å². The molecule has 1 rings (SSSR count). The summed E-state index contributed by atoms with van der Waals surface area (Å²) >= 11 is 0. The van der Waals surface area contributed by atoms with Crippen LogP contribution in [0.5, 0.6) is 0 Å². The number of hydrogen-bond acceptors (Lipinski definition) is 5. The second kappa shape index (κ2) is 4.89. The predicted octanol–water partition coefficient (Wildman–Crippen LogP) is -0.705. The first-order chi connectivity index (χ1) is 7.15. The Morgan fingerprint density at radius 2 is 2.20 bits per heavy atom. The number of rotatable bonds is 3. The van der Waals surface area contributed by atoms with Gasteiger partial charge in [-0.2, -0.15) is 0 Å². The van der Waals surface area contributed by atoms with E-state index in [1.165, 1.54) is 30.7 Å². The number of oxime groups is 1. The summed E-state index contributed by atoms with van der Waals surface area (Å²) in [6.45, 7) is 0.0459. The molecule has 0 aromatic carbocycles.